The van der Waals surface area contributed by atoms with E-state index in [1.165, 1.54) is 0 Å². The van der Waals surface area contributed by atoms with E-state index in [1.54, 1.807) is 25.1 Å². The summed E-state index contributed by atoms with van der Waals surface area (Å²) >= 11 is 1.89. The van der Waals surface area contributed by atoms with Gasteiger partial charge in [0.1, 0.15) is 5.75 Å². The van der Waals surface area contributed by atoms with Gasteiger partial charge >= 0.3 is 12.0 Å². The van der Waals surface area contributed by atoms with E-state index in [-0.39, 0.29) is 48.8 Å². The van der Waals surface area contributed by atoms with Gasteiger partial charge in [0.25, 0.3) is 11.8 Å². The van der Waals surface area contributed by atoms with Crippen LogP contribution in [0.4, 0.5) is 4.79 Å². The lowest BCUT2D eigenvalue weighted by molar-refractivity contribution is -0.136. The summed E-state index contributed by atoms with van der Waals surface area (Å²) in [5.41, 5.74) is 0.962. The molecule has 0 radical (unpaired) electrons. The van der Waals surface area contributed by atoms with Gasteiger partial charge in [-0.15, -0.1) is 0 Å². The number of aromatic nitrogens is 2. The van der Waals surface area contributed by atoms with Gasteiger partial charge in [-0.25, -0.2) is 4.79 Å². The minimum atomic E-state index is -1.03. The zero-order valence-electron chi connectivity index (χ0n) is 23.6. The van der Waals surface area contributed by atoms with Crippen molar-refractivity contribution in [2.45, 2.75) is 75.6 Å². The van der Waals surface area contributed by atoms with E-state index in [9.17, 15) is 24.3 Å². The van der Waals surface area contributed by atoms with Gasteiger partial charge in [0, 0.05) is 41.6 Å². The highest BCUT2D eigenvalue weighted by molar-refractivity contribution is 8.00. The number of aliphatic carboxylic acids is 1. The highest BCUT2D eigenvalue weighted by Gasteiger charge is 2.42. The molecular formula is C28H38N6O7S. The van der Waals surface area contributed by atoms with Crippen molar-refractivity contribution in [3.63, 3.8) is 0 Å². The number of carbonyl (C=O) groups is 4. The number of hydrogen-bond acceptors (Lipinski definition) is 9. The lowest BCUT2D eigenvalue weighted by Crippen LogP contribution is -2.36. The van der Waals surface area contributed by atoms with Crippen molar-refractivity contribution >= 4 is 35.6 Å². The van der Waals surface area contributed by atoms with Crippen molar-refractivity contribution in [1.29, 1.82) is 0 Å². The molecule has 2 saturated heterocycles. The number of benzene rings is 1. The van der Waals surface area contributed by atoms with Crippen LogP contribution >= 0.6 is 11.8 Å². The Morgan fingerprint density at radius 1 is 1.10 bits per heavy atom. The van der Waals surface area contributed by atoms with E-state index >= 15 is 0 Å². The molecule has 0 unspecified atom stereocenters. The summed E-state index contributed by atoms with van der Waals surface area (Å²) in [5.74, 6) is 0.694. The van der Waals surface area contributed by atoms with Gasteiger partial charge in [-0.1, -0.05) is 11.6 Å². The van der Waals surface area contributed by atoms with Crippen LogP contribution in [0.25, 0.3) is 11.5 Å². The van der Waals surface area contributed by atoms with Crippen LogP contribution in [0.3, 0.4) is 0 Å². The Hall–Kier alpha value is -3.81. The lowest BCUT2D eigenvalue weighted by Gasteiger charge is -2.16. The topological polar surface area (TPSA) is 185 Å². The molecule has 2 aromatic rings. The number of carbonyl (C=O) groups excluding carboxylic acids is 3. The Bertz CT molecular complexity index is 1260. The van der Waals surface area contributed by atoms with E-state index in [1.807, 2.05) is 11.8 Å². The second-order valence-electron chi connectivity index (χ2n) is 10.5. The van der Waals surface area contributed by atoms with Crippen LogP contribution in [0, 0.1) is 6.92 Å². The standard InChI is InChI=1S/C28H38N6O7S/c1-17-31-27(41-34-17)18-9-10-21(19(13-18)14-25(37)38)40-15-24(36)30-12-6-2-5-11-29-23(35)8-4-3-7-22-26-20(16-42-22)32-28(39)33-26/h9-10,13,20,22,26H,2-8,11-12,14-16H2,1H3,(H,29,35)(H,30,36)(H,37,38)(H2,32,33,39)/t20-,22-,26-/m0/s1. The average Bonchev–Trinajstić information content (AvgIpc) is 3.65. The third kappa shape index (κ3) is 9.36. The van der Waals surface area contributed by atoms with Crippen LogP contribution in [-0.4, -0.2) is 81.8 Å². The molecule has 4 amide bonds. The number of thioether (sulfide) groups is 1. The number of aryl methyl sites for hydroxylation is 1. The number of fused-ring (bicyclic) bond motifs is 1. The summed E-state index contributed by atoms with van der Waals surface area (Å²) in [6.45, 7) is 2.52. The molecule has 4 rings (SSSR count). The van der Waals surface area contributed by atoms with E-state index in [4.69, 9.17) is 9.26 Å². The number of nitrogens with one attached hydrogen (secondary N) is 4. The van der Waals surface area contributed by atoms with Crippen molar-refractivity contribution in [3.8, 4) is 17.2 Å². The molecule has 42 heavy (non-hydrogen) atoms. The monoisotopic (exact) mass is 602 g/mol. The van der Waals surface area contributed by atoms with Crippen LogP contribution in [0.1, 0.15) is 56.3 Å². The summed E-state index contributed by atoms with van der Waals surface area (Å²) in [5, 5.41) is 25.1. The Balaban J connectivity index is 1.03. The highest BCUT2D eigenvalue weighted by Crippen LogP contribution is 2.33. The summed E-state index contributed by atoms with van der Waals surface area (Å²) in [6.07, 6.45) is 5.42. The second-order valence-corrected chi connectivity index (χ2v) is 11.7. The molecule has 0 spiro atoms. The fourth-order valence-electron chi connectivity index (χ4n) is 5.01. The number of carboxylic acids is 1. The molecule has 13 nitrogen and oxygen atoms in total. The summed E-state index contributed by atoms with van der Waals surface area (Å²) in [4.78, 5) is 51.3. The van der Waals surface area contributed by atoms with Crippen LogP contribution < -0.4 is 26.0 Å². The molecule has 1 aromatic heterocycles. The van der Waals surface area contributed by atoms with Gasteiger partial charge in [-0.05, 0) is 57.2 Å². The van der Waals surface area contributed by atoms with Crippen molar-refractivity contribution in [1.82, 2.24) is 31.4 Å². The number of ether oxygens (including phenoxy) is 1. The maximum Gasteiger partial charge on any atom is 0.315 e. The van der Waals surface area contributed by atoms with Gasteiger partial charge in [0.15, 0.2) is 12.4 Å². The largest absolute Gasteiger partial charge is 0.483 e. The summed E-state index contributed by atoms with van der Waals surface area (Å²) in [6, 6.07) is 5.22. The van der Waals surface area contributed by atoms with Gasteiger partial charge in [0.2, 0.25) is 5.91 Å². The Labute approximate surface area is 248 Å². The van der Waals surface area contributed by atoms with Crippen LogP contribution in [0.5, 0.6) is 5.75 Å². The molecule has 228 valence electrons. The Kier molecular flexibility index (Phi) is 11.4. The lowest BCUT2D eigenvalue weighted by atomic mass is 10.0. The normalized spacial score (nSPS) is 19.1. The number of urea groups is 1. The van der Waals surface area contributed by atoms with E-state index in [2.05, 4.69) is 31.4 Å². The number of carboxylic acid groups (broad SMARTS) is 1. The zero-order chi connectivity index (χ0) is 29.9. The SMILES string of the molecule is Cc1noc(-c2ccc(OCC(=O)NCCCCCNC(=O)CCCC[C@@H]3SC[C@@H]4NC(=O)N[C@@H]43)c(CC(=O)O)c2)n1. The second kappa shape index (κ2) is 15.4. The van der Waals surface area contributed by atoms with E-state index in [0.29, 0.717) is 47.5 Å². The maximum atomic E-state index is 12.2. The first-order chi connectivity index (χ1) is 20.3. The fraction of sp³-hybridized carbons (Fsp3) is 0.571. The molecule has 3 heterocycles. The predicted octanol–water partition coefficient (Wildman–Crippen LogP) is 2.18. The third-order valence-corrected chi connectivity index (χ3v) is 8.62. The molecular weight excluding hydrogens is 564 g/mol. The molecule has 0 saturated carbocycles. The molecule has 3 atom stereocenters. The Morgan fingerprint density at radius 3 is 2.62 bits per heavy atom. The summed E-state index contributed by atoms with van der Waals surface area (Å²) < 4.78 is 10.7. The van der Waals surface area contributed by atoms with Crippen molar-refractivity contribution in [3.05, 3.63) is 29.6 Å². The third-order valence-electron chi connectivity index (χ3n) is 7.11. The number of amides is 4. The molecule has 0 aliphatic carbocycles. The molecule has 1 aromatic carbocycles. The summed E-state index contributed by atoms with van der Waals surface area (Å²) in [7, 11) is 0. The van der Waals surface area contributed by atoms with Crippen LogP contribution in [-0.2, 0) is 20.8 Å². The van der Waals surface area contributed by atoms with Crippen molar-refractivity contribution < 1.29 is 33.5 Å². The number of hydrogen-bond donors (Lipinski definition) is 5. The number of nitrogens with zero attached hydrogens (tertiary/aromatic N) is 2. The first-order valence-electron chi connectivity index (χ1n) is 14.3. The first kappa shape index (κ1) is 31.1. The van der Waals surface area contributed by atoms with Crippen molar-refractivity contribution in [2.24, 2.45) is 0 Å². The van der Waals surface area contributed by atoms with Gasteiger partial charge < -0.3 is 35.6 Å². The van der Waals surface area contributed by atoms with Gasteiger partial charge in [-0.3, -0.25) is 14.4 Å². The molecule has 14 heteroatoms. The van der Waals surface area contributed by atoms with E-state index in [0.717, 1.165) is 44.3 Å². The van der Waals surface area contributed by atoms with Crippen molar-refractivity contribution in [2.75, 3.05) is 25.4 Å². The number of unbranched alkanes of at least 4 members (excludes halogenated alkanes) is 3. The van der Waals surface area contributed by atoms with Gasteiger partial charge in [0.05, 0.1) is 18.5 Å². The predicted molar refractivity (Wildman–Crippen MR) is 155 cm³/mol. The smallest absolute Gasteiger partial charge is 0.315 e. The zero-order valence-corrected chi connectivity index (χ0v) is 24.5. The molecule has 2 aliphatic rings. The quantitative estimate of drug-likeness (QED) is 0.133. The fourth-order valence-corrected chi connectivity index (χ4v) is 6.55. The van der Waals surface area contributed by atoms with Gasteiger partial charge in [-0.2, -0.15) is 16.7 Å². The van der Waals surface area contributed by atoms with Crippen LogP contribution in [0.2, 0.25) is 0 Å². The highest BCUT2D eigenvalue weighted by atomic mass is 32.2. The molecule has 2 aliphatic heterocycles. The Morgan fingerprint density at radius 2 is 1.88 bits per heavy atom. The average molecular weight is 603 g/mol. The minimum Gasteiger partial charge on any atom is -0.483 e. The van der Waals surface area contributed by atoms with Crippen LogP contribution in [0.15, 0.2) is 22.7 Å². The molecule has 0 bridgehead atoms. The first-order valence-corrected chi connectivity index (χ1v) is 15.3. The molecule has 5 N–H and O–H groups in total. The maximum absolute atomic E-state index is 12.2. The number of rotatable bonds is 17. The molecule has 2 fully saturated rings. The minimum absolute atomic E-state index is 0.0516. The van der Waals surface area contributed by atoms with E-state index < -0.39 is 5.97 Å².